The van der Waals surface area contributed by atoms with Gasteiger partial charge < -0.3 is 19.1 Å². The lowest BCUT2D eigenvalue weighted by molar-refractivity contribution is -0.125. The van der Waals surface area contributed by atoms with Crippen molar-refractivity contribution in [3.05, 3.63) is 60.7 Å². The van der Waals surface area contributed by atoms with Crippen LogP contribution in [0.5, 0.6) is 0 Å². The van der Waals surface area contributed by atoms with E-state index in [2.05, 4.69) is 76.2 Å². The second-order valence-corrected chi connectivity index (χ2v) is 14.7. The third-order valence-corrected chi connectivity index (χ3v) is 12.2. The highest BCUT2D eigenvalue weighted by Crippen LogP contribution is 2.44. The molecule has 32 heavy (non-hydrogen) atoms. The molecule has 2 aromatic carbocycles. The lowest BCUT2D eigenvalue weighted by Crippen LogP contribution is -2.67. The van der Waals surface area contributed by atoms with Gasteiger partial charge in [0.15, 0.2) is 0 Å². The van der Waals surface area contributed by atoms with E-state index in [0.29, 0.717) is 13.0 Å². The molecule has 5 heteroatoms. The van der Waals surface area contributed by atoms with Crippen LogP contribution in [0.2, 0.25) is 5.04 Å². The molecule has 0 aliphatic heterocycles. The van der Waals surface area contributed by atoms with E-state index < -0.39 is 19.8 Å². The average molecular weight is 455 g/mol. The number of hydrogen-bond acceptors (Lipinski definition) is 4. The molecule has 0 bridgehead atoms. The van der Waals surface area contributed by atoms with Crippen LogP contribution in [-0.2, 0) is 14.0 Å². The van der Waals surface area contributed by atoms with Gasteiger partial charge in [0, 0.05) is 19.6 Å². The Morgan fingerprint density at radius 1 is 1.09 bits per heavy atom. The van der Waals surface area contributed by atoms with Crippen LogP contribution in [0, 0.1) is 17.8 Å². The predicted octanol–water partition coefficient (Wildman–Crippen LogP) is 3.80. The van der Waals surface area contributed by atoms with Crippen LogP contribution >= 0.6 is 0 Å². The topological polar surface area (TPSA) is 55.8 Å². The molecule has 0 radical (unpaired) electrons. The molecule has 0 saturated heterocycles. The minimum absolute atomic E-state index is 0.0749. The minimum atomic E-state index is -2.62. The number of ether oxygens (including phenoxy) is 1. The van der Waals surface area contributed by atoms with E-state index in [1.165, 1.54) is 10.4 Å². The lowest BCUT2D eigenvalue weighted by Gasteiger charge is -2.44. The summed E-state index contributed by atoms with van der Waals surface area (Å²) in [6, 6.07) is 21.2. The number of benzene rings is 2. The van der Waals surface area contributed by atoms with Crippen molar-refractivity contribution in [3.63, 3.8) is 0 Å². The quantitative estimate of drug-likeness (QED) is 0.463. The maximum absolute atomic E-state index is 12.0. The first-order chi connectivity index (χ1) is 15.2. The second-order valence-electron chi connectivity index (χ2n) is 10.4. The third-order valence-electron chi connectivity index (χ3n) is 7.24. The van der Waals surface area contributed by atoms with E-state index in [9.17, 15) is 9.90 Å². The van der Waals surface area contributed by atoms with Gasteiger partial charge in [0.25, 0.3) is 8.32 Å². The van der Waals surface area contributed by atoms with E-state index >= 15 is 0 Å². The van der Waals surface area contributed by atoms with Crippen LogP contribution in [0.25, 0.3) is 0 Å². The summed E-state index contributed by atoms with van der Waals surface area (Å²) in [5.41, 5.74) is -1.08. The fraction of sp³-hybridized carbons (Fsp3) is 0.519. The highest BCUT2D eigenvalue weighted by atomic mass is 28.4. The molecule has 0 aromatic heterocycles. The van der Waals surface area contributed by atoms with Gasteiger partial charge in [-0.15, -0.1) is 0 Å². The largest absolute Gasteiger partial charge is 0.407 e. The summed E-state index contributed by atoms with van der Waals surface area (Å²) in [5.74, 6) is -0.219. The SMILES string of the molecule is COC[C@@]1(O)CC[C@@H]([C@@H](C)CO[Si](c2ccccc2)(c2ccccc2)C(C)(C)C)[C@@H]1C=O. The number of aliphatic hydroxyl groups is 1. The van der Waals surface area contributed by atoms with Gasteiger partial charge in [-0.05, 0) is 40.1 Å². The zero-order valence-corrected chi connectivity index (χ0v) is 21.1. The molecule has 0 heterocycles. The molecule has 4 nitrogen and oxygen atoms in total. The Hall–Kier alpha value is -1.79. The molecule has 1 saturated carbocycles. The molecule has 174 valence electrons. The van der Waals surface area contributed by atoms with Crippen molar-refractivity contribution in [2.24, 2.45) is 17.8 Å². The average Bonchev–Trinajstić information content (AvgIpc) is 3.11. The Kier molecular flexibility index (Phi) is 7.76. The molecule has 2 aromatic rings. The first-order valence-electron chi connectivity index (χ1n) is 11.6. The molecule has 4 atom stereocenters. The van der Waals surface area contributed by atoms with Gasteiger partial charge >= 0.3 is 0 Å². The predicted molar refractivity (Wildman–Crippen MR) is 132 cm³/mol. The van der Waals surface area contributed by atoms with E-state index in [0.717, 1.165) is 12.7 Å². The van der Waals surface area contributed by atoms with Crippen LogP contribution in [0.3, 0.4) is 0 Å². The molecule has 0 unspecified atom stereocenters. The van der Waals surface area contributed by atoms with Gasteiger partial charge in [-0.2, -0.15) is 0 Å². The summed E-state index contributed by atoms with van der Waals surface area (Å²) in [6.45, 7) is 9.69. The van der Waals surface area contributed by atoms with E-state index in [-0.39, 0.29) is 23.5 Å². The van der Waals surface area contributed by atoms with Crippen molar-refractivity contribution in [3.8, 4) is 0 Å². The molecule has 1 aliphatic rings. The zero-order valence-electron chi connectivity index (χ0n) is 20.1. The maximum atomic E-state index is 12.0. The molecular weight excluding hydrogens is 416 g/mol. The van der Waals surface area contributed by atoms with Crippen LogP contribution in [0.4, 0.5) is 0 Å². The summed E-state index contributed by atoms with van der Waals surface area (Å²) in [6.07, 6.45) is 2.31. The molecule has 3 rings (SSSR count). The monoisotopic (exact) mass is 454 g/mol. The van der Waals surface area contributed by atoms with Gasteiger partial charge in [0.1, 0.15) is 6.29 Å². The summed E-state index contributed by atoms with van der Waals surface area (Å²) in [7, 11) is -1.05. The molecule has 1 fully saturated rings. The molecule has 1 aliphatic carbocycles. The Bertz CT molecular complexity index is 825. The van der Waals surface area contributed by atoms with Crippen LogP contribution in [0.15, 0.2) is 60.7 Å². The van der Waals surface area contributed by atoms with Gasteiger partial charge in [-0.3, -0.25) is 0 Å². The smallest absolute Gasteiger partial charge is 0.261 e. The Morgan fingerprint density at radius 2 is 1.62 bits per heavy atom. The summed E-state index contributed by atoms with van der Waals surface area (Å²) < 4.78 is 12.3. The molecule has 0 amide bonds. The fourth-order valence-electron chi connectivity index (χ4n) is 5.59. The van der Waals surface area contributed by atoms with Crippen molar-refractivity contribution < 1.29 is 19.1 Å². The van der Waals surface area contributed by atoms with E-state index in [1.54, 1.807) is 7.11 Å². The lowest BCUT2D eigenvalue weighted by atomic mass is 9.81. The Balaban J connectivity index is 1.94. The fourth-order valence-corrected chi connectivity index (χ4v) is 10.3. The summed E-state index contributed by atoms with van der Waals surface area (Å²) >= 11 is 0. The number of carbonyl (C=O) groups excluding carboxylic acids is 1. The Labute approximate surface area is 194 Å². The zero-order chi connectivity index (χ0) is 23.4. The highest BCUT2D eigenvalue weighted by molar-refractivity contribution is 6.99. The first kappa shape index (κ1) is 24.8. The standard InChI is InChI=1S/C27H38O4Si/c1-21(24-16-17-27(29,20-30-5)25(24)18-28)19-31-32(26(2,3)4,22-12-8-6-9-13-22)23-14-10-7-11-15-23/h6-15,18,21,24-25,29H,16-17,19-20H2,1-5H3/t21-,24-,25-,27-/m0/s1. The van der Waals surface area contributed by atoms with Crippen molar-refractivity contribution in [2.45, 2.75) is 51.2 Å². The number of methoxy groups -OCH3 is 1. The van der Waals surface area contributed by atoms with Crippen molar-refractivity contribution >= 4 is 25.0 Å². The van der Waals surface area contributed by atoms with Gasteiger partial charge in [0.05, 0.1) is 12.2 Å². The number of rotatable bonds is 9. The second kappa shape index (κ2) is 10.00. The molecular formula is C27H38O4Si. The normalized spacial score (nSPS) is 24.9. The van der Waals surface area contributed by atoms with Gasteiger partial charge in [-0.25, -0.2) is 0 Å². The van der Waals surface area contributed by atoms with Crippen molar-refractivity contribution in [2.75, 3.05) is 20.3 Å². The number of carbonyl (C=O) groups is 1. The van der Waals surface area contributed by atoms with E-state index in [1.807, 2.05) is 12.1 Å². The van der Waals surface area contributed by atoms with Gasteiger partial charge in [0.2, 0.25) is 0 Å². The number of hydrogen-bond donors (Lipinski definition) is 1. The summed E-state index contributed by atoms with van der Waals surface area (Å²) in [5, 5.41) is 13.4. The van der Waals surface area contributed by atoms with Crippen LogP contribution < -0.4 is 10.4 Å². The van der Waals surface area contributed by atoms with Gasteiger partial charge in [-0.1, -0.05) is 88.4 Å². The first-order valence-corrected chi connectivity index (χ1v) is 13.5. The summed E-state index contributed by atoms with van der Waals surface area (Å²) in [4.78, 5) is 12.0. The molecule has 1 N–H and O–H groups in total. The third kappa shape index (κ3) is 4.62. The van der Waals surface area contributed by atoms with Crippen LogP contribution in [0.1, 0.15) is 40.5 Å². The minimum Gasteiger partial charge on any atom is -0.407 e. The Morgan fingerprint density at radius 3 is 2.06 bits per heavy atom. The number of aldehydes is 1. The van der Waals surface area contributed by atoms with Crippen LogP contribution in [-0.4, -0.2) is 45.6 Å². The van der Waals surface area contributed by atoms with Crippen molar-refractivity contribution in [1.82, 2.24) is 0 Å². The molecule has 0 spiro atoms. The van der Waals surface area contributed by atoms with Crippen molar-refractivity contribution in [1.29, 1.82) is 0 Å². The van der Waals surface area contributed by atoms with E-state index in [4.69, 9.17) is 9.16 Å². The highest BCUT2D eigenvalue weighted by Gasteiger charge is 2.52. The maximum Gasteiger partial charge on any atom is 0.261 e.